The highest BCUT2D eigenvalue weighted by Gasteiger charge is 2.59. The molecule has 1 aromatic rings. The minimum atomic E-state index is -0.446. The van der Waals surface area contributed by atoms with E-state index in [-0.39, 0.29) is 11.5 Å². The van der Waals surface area contributed by atoms with Gasteiger partial charge in [0.25, 0.3) is 0 Å². The fourth-order valence-corrected chi connectivity index (χ4v) is 4.64. The van der Waals surface area contributed by atoms with Gasteiger partial charge in [-0.1, -0.05) is 23.7 Å². The van der Waals surface area contributed by atoms with Gasteiger partial charge in [-0.15, -0.1) is 0 Å². The number of likely N-dealkylation sites (tertiary alicyclic amines) is 1. The Hall–Kier alpha value is -1.26. The molecule has 5 heteroatoms. The lowest BCUT2D eigenvalue weighted by molar-refractivity contribution is 0.0162. The molecule has 0 N–H and O–H groups in total. The summed E-state index contributed by atoms with van der Waals surface area (Å²) >= 11 is 6.09. The van der Waals surface area contributed by atoms with E-state index in [2.05, 4.69) is 12.1 Å². The van der Waals surface area contributed by atoms with E-state index in [0.717, 1.165) is 44.0 Å². The molecule has 26 heavy (non-hydrogen) atoms. The lowest BCUT2D eigenvalue weighted by Crippen LogP contribution is -2.44. The van der Waals surface area contributed by atoms with Crippen molar-refractivity contribution in [2.45, 2.75) is 51.0 Å². The first kappa shape index (κ1) is 19.5. The molecular weight excluding hydrogens is 350 g/mol. The lowest BCUT2D eigenvalue weighted by atomic mass is 9.75. The van der Waals surface area contributed by atoms with E-state index in [1.807, 2.05) is 37.8 Å². The van der Waals surface area contributed by atoms with Crippen molar-refractivity contribution in [1.82, 2.24) is 4.90 Å². The average molecular weight is 380 g/mol. The van der Waals surface area contributed by atoms with Gasteiger partial charge in [-0.2, -0.15) is 0 Å². The Bertz CT molecular complexity index is 632. The maximum Gasteiger partial charge on any atom is 0.410 e. The predicted molar refractivity (Wildman–Crippen MR) is 104 cm³/mol. The third-order valence-electron chi connectivity index (χ3n) is 5.78. The van der Waals surface area contributed by atoms with Crippen LogP contribution < -0.4 is 0 Å². The van der Waals surface area contributed by atoms with Crippen molar-refractivity contribution in [3.05, 3.63) is 34.9 Å². The highest BCUT2D eigenvalue weighted by molar-refractivity contribution is 6.30. The maximum atomic E-state index is 12.3. The predicted octanol–water partition coefficient (Wildman–Crippen LogP) is 4.89. The topological polar surface area (TPSA) is 38.8 Å². The van der Waals surface area contributed by atoms with Crippen molar-refractivity contribution in [3.8, 4) is 0 Å². The quantitative estimate of drug-likeness (QED) is 0.747. The molecule has 1 saturated carbocycles. The van der Waals surface area contributed by atoms with Gasteiger partial charge in [0.1, 0.15) is 5.60 Å². The fourth-order valence-electron chi connectivity index (χ4n) is 4.51. The normalized spacial score (nSPS) is 26.7. The first-order chi connectivity index (χ1) is 12.3. The highest BCUT2D eigenvalue weighted by Crippen LogP contribution is 2.61. The van der Waals surface area contributed by atoms with E-state index in [4.69, 9.17) is 21.1 Å². The summed E-state index contributed by atoms with van der Waals surface area (Å²) in [5, 5.41) is 0.771. The number of halogens is 1. The van der Waals surface area contributed by atoms with Crippen LogP contribution in [0.15, 0.2) is 24.3 Å². The van der Waals surface area contributed by atoms with Gasteiger partial charge in [-0.05, 0) is 69.6 Å². The number of rotatable bonds is 4. The molecule has 0 unspecified atom stereocenters. The molecule has 1 aromatic carbocycles. The largest absolute Gasteiger partial charge is 0.444 e. The van der Waals surface area contributed by atoms with E-state index in [1.165, 1.54) is 5.56 Å². The van der Waals surface area contributed by atoms with Crippen molar-refractivity contribution in [2.24, 2.45) is 11.8 Å². The summed E-state index contributed by atoms with van der Waals surface area (Å²) in [5.41, 5.74) is 1.08. The Kier molecular flexibility index (Phi) is 5.55. The molecule has 0 radical (unpaired) electrons. The Morgan fingerprint density at radius 1 is 1.23 bits per heavy atom. The Labute approximate surface area is 161 Å². The molecule has 0 bridgehead atoms. The van der Waals surface area contributed by atoms with Crippen LogP contribution in [-0.2, 0) is 14.9 Å². The summed E-state index contributed by atoms with van der Waals surface area (Å²) in [7, 11) is 1.77. The van der Waals surface area contributed by atoms with Crippen LogP contribution in [0.3, 0.4) is 0 Å². The smallest absolute Gasteiger partial charge is 0.410 e. The lowest BCUT2D eigenvalue weighted by Gasteiger charge is -2.38. The number of benzene rings is 1. The van der Waals surface area contributed by atoms with Gasteiger partial charge in [0, 0.05) is 37.2 Å². The summed E-state index contributed by atoms with van der Waals surface area (Å²) in [5.74, 6) is 1.11. The fraction of sp³-hybridized carbons (Fsp3) is 0.667. The van der Waals surface area contributed by atoms with Crippen molar-refractivity contribution >= 4 is 17.7 Å². The number of methoxy groups -OCH3 is 1. The number of piperidine rings is 1. The van der Waals surface area contributed by atoms with Crippen molar-refractivity contribution in [2.75, 3.05) is 26.8 Å². The number of ether oxygens (including phenoxy) is 2. The third-order valence-corrected chi connectivity index (χ3v) is 6.03. The van der Waals surface area contributed by atoms with Gasteiger partial charge in [0.05, 0.1) is 0 Å². The van der Waals surface area contributed by atoms with Crippen LogP contribution >= 0.6 is 11.6 Å². The van der Waals surface area contributed by atoms with Crippen molar-refractivity contribution in [3.63, 3.8) is 0 Å². The molecule has 1 aliphatic carbocycles. The van der Waals surface area contributed by atoms with Gasteiger partial charge in [0.2, 0.25) is 0 Å². The number of carbonyl (C=O) groups excluding carboxylic acids is 1. The highest BCUT2D eigenvalue weighted by atomic mass is 35.5. The van der Waals surface area contributed by atoms with E-state index in [1.54, 1.807) is 7.11 Å². The molecule has 0 spiro atoms. The SMILES string of the molecule is COC[C@H]1C[C@]1(c1ccc(Cl)cc1)C1CCN(C(=O)OC(C)(C)C)CC1. The Morgan fingerprint density at radius 2 is 1.85 bits per heavy atom. The molecule has 0 aromatic heterocycles. The van der Waals surface area contributed by atoms with Crippen LogP contribution in [0.5, 0.6) is 0 Å². The van der Waals surface area contributed by atoms with Gasteiger partial charge < -0.3 is 14.4 Å². The van der Waals surface area contributed by atoms with Crippen LogP contribution in [0.2, 0.25) is 5.02 Å². The summed E-state index contributed by atoms with van der Waals surface area (Å²) in [4.78, 5) is 14.2. The average Bonchev–Trinajstić information content (AvgIpc) is 3.29. The zero-order valence-corrected chi connectivity index (χ0v) is 17.0. The van der Waals surface area contributed by atoms with Crippen LogP contribution in [0.1, 0.15) is 45.6 Å². The Balaban J connectivity index is 1.69. The summed E-state index contributed by atoms with van der Waals surface area (Å²) in [6.45, 7) is 8.03. The van der Waals surface area contributed by atoms with Crippen LogP contribution in [-0.4, -0.2) is 43.4 Å². The second-order valence-corrected chi connectivity index (χ2v) is 9.08. The number of nitrogens with zero attached hydrogens (tertiary/aromatic N) is 1. The first-order valence-electron chi connectivity index (χ1n) is 9.49. The van der Waals surface area contributed by atoms with Gasteiger partial charge in [-0.25, -0.2) is 4.79 Å². The summed E-state index contributed by atoms with van der Waals surface area (Å²) in [6, 6.07) is 8.30. The van der Waals surface area contributed by atoms with Gasteiger partial charge in [0.15, 0.2) is 0 Å². The summed E-state index contributed by atoms with van der Waals surface area (Å²) in [6.07, 6.45) is 2.96. The molecule has 1 saturated heterocycles. The van der Waals surface area contributed by atoms with Gasteiger partial charge >= 0.3 is 6.09 Å². The monoisotopic (exact) mass is 379 g/mol. The Morgan fingerprint density at radius 3 is 2.38 bits per heavy atom. The molecule has 2 aliphatic rings. The van der Waals surface area contributed by atoms with Crippen LogP contribution in [0.4, 0.5) is 4.79 Å². The van der Waals surface area contributed by atoms with E-state index < -0.39 is 5.60 Å². The minimum absolute atomic E-state index is 0.167. The molecule has 1 heterocycles. The molecule has 1 aliphatic heterocycles. The number of amides is 1. The van der Waals surface area contributed by atoms with Crippen molar-refractivity contribution < 1.29 is 14.3 Å². The number of hydrogen-bond donors (Lipinski definition) is 0. The van der Waals surface area contributed by atoms with Gasteiger partial charge in [-0.3, -0.25) is 0 Å². The van der Waals surface area contributed by atoms with Crippen molar-refractivity contribution in [1.29, 1.82) is 0 Å². The second-order valence-electron chi connectivity index (χ2n) is 8.65. The first-order valence-corrected chi connectivity index (χ1v) is 9.87. The molecule has 144 valence electrons. The van der Waals surface area contributed by atoms with E-state index >= 15 is 0 Å². The minimum Gasteiger partial charge on any atom is -0.444 e. The van der Waals surface area contributed by atoms with Crippen LogP contribution in [0.25, 0.3) is 0 Å². The molecular formula is C21H30ClNO3. The van der Waals surface area contributed by atoms with E-state index in [9.17, 15) is 4.79 Å². The molecule has 2 fully saturated rings. The molecule has 2 atom stereocenters. The zero-order valence-electron chi connectivity index (χ0n) is 16.3. The standard InChI is InChI=1S/C21H30ClNO3/c1-20(2,3)26-19(24)23-11-9-16(10-12-23)21(13-17(21)14-25-4)15-5-7-18(22)8-6-15/h5-8,16-17H,9-14H2,1-4H3/t17-,21+/m1/s1. The molecule has 1 amide bonds. The second kappa shape index (κ2) is 7.40. The molecule has 4 nitrogen and oxygen atoms in total. The van der Waals surface area contributed by atoms with Crippen LogP contribution in [0, 0.1) is 11.8 Å². The zero-order chi connectivity index (χ0) is 18.9. The molecule has 3 rings (SSSR count). The third kappa shape index (κ3) is 4.01. The maximum absolute atomic E-state index is 12.3. The summed E-state index contributed by atoms with van der Waals surface area (Å²) < 4.78 is 11.0. The van der Waals surface area contributed by atoms with E-state index in [0.29, 0.717) is 11.8 Å². The number of hydrogen-bond acceptors (Lipinski definition) is 3. The number of carbonyl (C=O) groups is 1.